The van der Waals surface area contributed by atoms with Crippen LogP contribution in [0.4, 0.5) is 8.78 Å². The van der Waals surface area contributed by atoms with Crippen LogP contribution in [0, 0.1) is 0 Å². The van der Waals surface area contributed by atoms with E-state index in [9.17, 15) is 13.6 Å². The number of carbonyl (C=O) groups is 1. The fraction of sp³-hybridized carbons (Fsp3) is 0.800. The molecule has 9 heavy (non-hydrogen) atoms. The van der Waals surface area contributed by atoms with E-state index in [4.69, 9.17) is 0 Å². The zero-order chi connectivity index (χ0) is 7.28. The van der Waals surface area contributed by atoms with E-state index in [-0.39, 0.29) is 6.54 Å². The highest BCUT2D eigenvalue weighted by Crippen LogP contribution is 1.85. The highest BCUT2D eigenvalue weighted by molar-refractivity contribution is 5.80. The Hall–Kier alpha value is -0.670. The number of rotatable bonds is 3. The maximum absolute atomic E-state index is 11.9. The molecule has 0 heterocycles. The minimum atomic E-state index is -1.54. The molecule has 0 spiro atoms. The fourth-order valence-corrected chi connectivity index (χ4v) is 0.311. The van der Waals surface area contributed by atoms with Crippen molar-refractivity contribution < 1.29 is 13.6 Å². The number of hydrogen-bond donors (Lipinski definition) is 1. The van der Waals surface area contributed by atoms with Crippen LogP contribution in [0.15, 0.2) is 0 Å². The smallest absolute Gasteiger partial charge is 0.254 e. The van der Waals surface area contributed by atoms with Crippen LogP contribution in [0.25, 0.3) is 0 Å². The van der Waals surface area contributed by atoms with Crippen molar-refractivity contribution in [2.75, 3.05) is 13.2 Å². The van der Waals surface area contributed by atoms with Gasteiger partial charge >= 0.3 is 0 Å². The largest absolute Gasteiger partial charge is 0.351 e. The first kappa shape index (κ1) is 8.33. The lowest BCUT2D eigenvalue weighted by atomic mass is 10.4. The minimum Gasteiger partial charge on any atom is -0.351 e. The minimum absolute atomic E-state index is 0.104. The van der Waals surface area contributed by atoms with Crippen molar-refractivity contribution in [3.05, 3.63) is 0 Å². The van der Waals surface area contributed by atoms with Crippen molar-refractivity contribution in [1.82, 2.24) is 5.32 Å². The van der Waals surface area contributed by atoms with Gasteiger partial charge in [0.05, 0.1) is 0 Å². The molecule has 0 fully saturated rings. The fourth-order valence-electron chi connectivity index (χ4n) is 0.311. The standard InChI is InChI=1S/C5H9F2NO/c1-4(7)5(9)8-3-2-6/h4H,2-3H2,1H3,(H,8,9). The molecular formula is C5H9F2NO. The molecule has 0 aliphatic carbocycles. The van der Waals surface area contributed by atoms with Gasteiger partial charge in [-0.05, 0) is 6.92 Å². The Bertz CT molecular complexity index is 95.0. The Kier molecular flexibility index (Phi) is 3.92. The molecule has 0 rings (SSSR count). The first-order valence-electron chi connectivity index (χ1n) is 2.66. The Morgan fingerprint density at radius 3 is 2.67 bits per heavy atom. The average Bonchev–Trinajstić information content (AvgIpc) is 1.82. The third-order valence-corrected chi connectivity index (χ3v) is 0.755. The van der Waals surface area contributed by atoms with Crippen LogP contribution in [-0.2, 0) is 4.79 Å². The molecule has 0 radical (unpaired) electrons. The van der Waals surface area contributed by atoms with Gasteiger partial charge in [0.1, 0.15) is 6.67 Å². The Morgan fingerprint density at radius 1 is 1.78 bits per heavy atom. The van der Waals surface area contributed by atoms with Crippen LogP contribution in [-0.4, -0.2) is 25.3 Å². The van der Waals surface area contributed by atoms with Crippen LogP contribution in [0.2, 0.25) is 0 Å². The monoisotopic (exact) mass is 137 g/mol. The van der Waals surface area contributed by atoms with Gasteiger partial charge in [-0.2, -0.15) is 0 Å². The van der Waals surface area contributed by atoms with Crippen LogP contribution in [0.3, 0.4) is 0 Å². The summed E-state index contributed by atoms with van der Waals surface area (Å²) in [5, 5.41) is 2.04. The molecule has 1 N–H and O–H groups in total. The summed E-state index contributed by atoms with van der Waals surface area (Å²) in [5.41, 5.74) is 0. The molecule has 0 bridgehead atoms. The number of alkyl halides is 2. The molecule has 2 nitrogen and oxygen atoms in total. The van der Waals surface area contributed by atoms with E-state index in [2.05, 4.69) is 0 Å². The second kappa shape index (κ2) is 4.23. The molecule has 0 aromatic heterocycles. The second-order valence-electron chi connectivity index (χ2n) is 1.60. The lowest BCUT2D eigenvalue weighted by Gasteiger charge is -2.00. The maximum atomic E-state index is 11.9. The van der Waals surface area contributed by atoms with Crippen molar-refractivity contribution >= 4 is 5.91 Å². The van der Waals surface area contributed by atoms with Gasteiger partial charge in [0.15, 0.2) is 6.17 Å². The van der Waals surface area contributed by atoms with Crippen LogP contribution in [0.5, 0.6) is 0 Å². The van der Waals surface area contributed by atoms with E-state index in [1.807, 2.05) is 5.32 Å². The summed E-state index contributed by atoms with van der Waals surface area (Å²) in [5.74, 6) is -0.757. The maximum Gasteiger partial charge on any atom is 0.254 e. The van der Waals surface area contributed by atoms with Gasteiger partial charge in [0.25, 0.3) is 5.91 Å². The van der Waals surface area contributed by atoms with Gasteiger partial charge in [-0.1, -0.05) is 0 Å². The van der Waals surface area contributed by atoms with Gasteiger partial charge in [-0.25, -0.2) is 8.78 Å². The molecule has 4 heteroatoms. The van der Waals surface area contributed by atoms with Gasteiger partial charge in [0.2, 0.25) is 0 Å². The van der Waals surface area contributed by atoms with Crippen molar-refractivity contribution in [3.63, 3.8) is 0 Å². The molecule has 0 saturated heterocycles. The number of amides is 1. The Balaban J connectivity index is 3.28. The molecule has 1 amide bonds. The summed E-state index contributed by atoms with van der Waals surface area (Å²) in [6.45, 7) is 0.346. The lowest BCUT2D eigenvalue weighted by Crippen LogP contribution is -2.31. The summed E-state index contributed by atoms with van der Waals surface area (Å²) < 4.78 is 23.2. The van der Waals surface area contributed by atoms with E-state index in [1.165, 1.54) is 0 Å². The molecule has 1 atom stereocenters. The SMILES string of the molecule is CC(F)C(=O)NCCF. The van der Waals surface area contributed by atoms with E-state index in [0.29, 0.717) is 0 Å². The van der Waals surface area contributed by atoms with Crippen molar-refractivity contribution in [3.8, 4) is 0 Å². The Labute approximate surface area is 52.2 Å². The third-order valence-electron chi connectivity index (χ3n) is 0.755. The first-order chi connectivity index (χ1) is 4.18. The molecule has 54 valence electrons. The molecule has 1 unspecified atom stereocenters. The highest BCUT2D eigenvalue weighted by Gasteiger charge is 2.08. The van der Waals surface area contributed by atoms with Crippen molar-refractivity contribution in [2.24, 2.45) is 0 Å². The van der Waals surface area contributed by atoms with Crippen molar-refractivity contribution in [2.45, 2.75) is 13.1 Å². The van der Waals surface area contributed by atoms with Crippen LogP contribution in [0.1, 0.15) is 6.92 Å². The van der Waals surface area contributed by atoms with Gasteiger partial charge in [-0.3, -0.25) is 4.79 Å². The number of nitrogens with one attached hydrogen (secondary N) is 1. The van der Waals surface area contributed by atoms with E-state index < -0.39 is 18.8 Å². The van der Waals surface area contributed by atoms with Crippen LogP contribution >= 0.6 is 0 Å². The van der Waals surface area contributed by atoms with Crippen molar-refractivity contribution in [1.29, 1.82) is 0 Å². The summed E-state index contributed by atoms with van der Waals surface area (Å²) in [6, 6.07) is 0. The van der Waals surface area contributed by atoms with Gasteiger partial charge in [-0.15, -0.1) is 0 Å². The zero-order valence-corrected chi connectivity index (χ0v) is 5.16. The topological polar surface area (TPSA) is 29.1 Å². The summed E-state index contributed by atoms with van der Waals surface area (Å²) in [6.07, 6.45) is -1.54. The summed E-state index contributed by atoms with van der Waals surface area (Å²) in [4.78, 5) is 10.2. The quantitative estimate of drug-likeness (QED) is 0.600. The lowest BCUT2D eigenvalue weighted by molar-refractivity contribution is -0.125. The summed E-state index contributed by atoms with van der Waals surface area (Å²) >= 11 is 0. The number of halogens is 2. The molecule has 0 saturated carbocycles. The van der Waals surface area contributed by atoms with Gasteiger partial charge < -0.3 is 5.32 Å². The van der Waals surface area contributed by atoms with Crippen LogP contribution < -0.4 is 5.32 Å². The number of hydrogen-bond acceptors (Lipinski definition) is 1. The molecule has 0 aromatic carbocycles. The second-order valence-corrected chi connectivity index (χ2v) is 1.60. The van der Waals surface area contributed by atoms with E-state index in [1.54, 1.807) is 0 Å². The molecule has 0 aliphatic heterocycles. The third kappa shape index (κ3) is 3.88. The van der Waals surface area contributed by atoms with E-state index >= 15 is 0 Å². The highest BCUT2D eigenvalue weighted by atomic mass is 19.1. The normalized spacial score (nSPS) is 12.8. The predicted molar refractivity (Wildman–Crippen MR) is 29.6 cm³/mol. The first-order valence-corrected chi connectivity index (χ1v) is 2.66. The summed E-state index contributed by atoms with van der Waals surface area (Å²) in [7, 11) is 0. The number of carbonyl (C=O) groups excluding carboxylic acids is 1. The molecule has 0 aliphatic rings. The van der Waals surface area contributed by atoms with Gasteiger partial charge in [0, 0.05) is 6.54 Å². The molecular weight excluding hydrogens is 128 g/mol. The average molecular weight is 137 g/mol. The zero-order valence-electron chi connectivity index (χ0n) is 5.16. The predicted octanol–water partition coefficient (Wildman–Crippen LogP) is 0.430. The Morgan fingerprint density at radius 2 is 2.33 bits per heavy atom. The van der Waals surface area contributed by atoms with E-state index in [0.717, 1.165) is 6.92 Å². The molecule has 0 aromatic rings.